The summed E-state index contributed by atoms with van der Waals surface area (Å²) in [5, 5.41) is 0. The summed E-state index contributed by atoms with van der Waals surface area (Å²) in [4.78, 5) is 17.7. The van der Waals surface area contributed by atoms with Crippen molar-refractivity contribution in [3.05, 3.63) is 52.3 Å². The van der Waals surface area contributed by atoms with Gasteiger partial charge in [-0.1, -0.05) is 12.1 Å². The molecule has 2 aromatic carbocycles. The SMILES string of the molecule is CCOc1cc(C=Cc2nc3ccccc3o2)cc(Br)c1OCC(=O)N(C)C. The number of para-hydroxylation sites is 2. The number of ether oxygens (including phenoxy) is 2. The van der Waals surface area contributed by atoms with Gasteiger partial charge in [-0.25, -0.2) is 4.98 Å². The van der Waals surface area contributed by atoms with Crippen LogP contribution in [-0.2, 0) is 4.79 Å². The summed E-state index contributed by atoms with van der Waals surface area (Å²) >= 11 is 3.51. The van der Waals surface area contributed by atoms with Crippen molar-refractivity contribution in [1.82, 2.24) is 9.88 Å². The number of amides is 1. The second-order valence-corrected chi connectivity index (χ2v) is 7.05. The highest BCUT2D eigenvalue weighted by Crippen LogP contribution is 2.37. The predicted molar refractivity (Wildman–Crippen MR) is 112 cm³/mol. The molecule has 1 amide bonds. The van der Waals surface area contributed by atoms with E-state index in [4.69, 9.17) is 13.9 Å². The lowest BCUT2D eigenvalue weighted by Crippen LogP contribution is -2.27. The molecule has 0 radical (unpaired) electrons. The van der Waals surface area contributed by atoms with E-state index in [0.717, 1.165) is 16.7 Å². The van der Waals surface area contributed by atoms with Gasteiger partial charge in [-0.05, 0) is 58.8 Å². The number of aromatic nitrogens is 1. The Morgan fingerprint density at radius 3 is 2.71 bits per heavy atom. The minimum Gasteiger partial charge on any atom is -0.490 e. The second-order valence-electron chi connectivity index (χ2n) is 6.19. The quantitative estimate of drug-likeness (QED) is 0.531. The van der Waals surface area contributed by atoms with E-state index in [1.54, 1.807) is 20.2 Å². The molecule has 146 valence electrons. The van der Waals surface area contributed by atoms with Gasteiger partial charge in [0.2, 0.25) is 5.89 Å². The van der Waals surface area contributed by atoms with Gasteiger partial charge in [0, 0.05) is 20.2 Å². The molecular weight excluding hydrogens is 424 g/mol. The topological polar surface area (TPSA) is 64.8 Å². The highest BCUT2D eigenvalue weighted by molar-refractivity contribution is 9.10. The summed E-state index contributed by atoms with van der Waals surface area (Å²) in [5.41, 5.74) is 2.43. The number of fused-ring (bicyclic) bond motifs is 1. The third-order valence-corrected chi connectivity index (χ3v) is 4.49. The Morgan fingerprint density at radius 2 is 2.00 bits per heavy atom. The fourth-order valence-electron chi connectivity index (χ4n) is 2.48. The first kappa shape index (κ1) is 19.9. The average Bonchev–Trinajstić information content (AvgIpc) is 3.08. The van der Waals surface area contributed by atoms with Crippen LogP contribution in [0.3, 0.4) is 0 Å². The molecular formula is C21H21BrN2O4. The van der Waals surface area contributed by atoms with Crippen molar-refractivity contribution in [1.29, 1.82) is 0 Å². The highest BCUT2D eigenvalue weighted by atomic mass is 79.9. The van der Waals surface area contributed by atoms with E-state index in [-0.39, 0.29) is 12.5 Å². The van der Waals surface area contributed by atoms with Crippen LogP contribution in [-0.4, -0.2) is 43.1 Å². The molecule has 3 aromatic rings. The molecule has 6 nitrogen and oxygen atoms in total. The lowest BCUT2D eigenvalue weighted by atomic mass is 10.2. The van der Waals surface area contributed by atoms with Crippen molar-refractivity contribution in [2.24, 2.45) is 0 Å². The van der Waals surface area contributed by atoms with Crippen LogP contribution in [0.15, 0.2) is 45.3 Å². The predicted octanol–water partition coefficient (Wildman–Crippen LogP) is 4.63. The zero-order valence-corrected chi connectivity index (χ0v) is 17.5. The molecule has 0 spiro atoms. The van der Waals surface area contributed by atoms with Gasteiger partial charge < -0.3 is 18.8 Å². The Hall–Kier alpha value is -2.80. The summed E-state index contributed by atoms with van der Waals surface area (Å²) in [5.74, 6) is 1.44. The molecule has 1 heterocycles. The number of hydrogen-bond acceptors (Lipinski definition) is 5. The van der Waals surface area contributed by atoms with E-state index in [1.807, 2.05) is 49.4 Å². The summed E-state index contributed by atoms with van der Waals surface area (Å²) in [6.07, 6.45) is 3.68. The molecule has 0 aliphatic carbocycles. The molecule has 0 fully saturated rings. The van der Waals surface area contributed by atoms with Gasteiger partial charge in [-0.15, -0.1) is 0 Å². The molecule has 0 bridgehead atoms. The van der Waals surface area contributed by atoms with Crippen molar-refractivity contribution >= 4 is 45.1 Å². The monoisotopic (exact) mass is 444 g/mol. The molecule has 1 aromatic heterocycles. The van der Waals surface area contributed by atoms with Crippen LogP contribution < -0.4 is 9.47 Å². The van der Waals surface area contributed by atoms with Gasteiger partial charge >= 0.3 is 0 Å². The Kier molecular flexibility index (Phi) is 6.36. The van der Waals surface area contributed by atoms with E-state index in [1.165, 1.54) is 4.90 Å². The van der Waals surface area contributed by atoms with E-state index < -0.39 is 0 Å². The number of benzene rings is 2. The zero-order valence-electron chi connectivity index (χ0n) is 15.9. The molecule has 7 heteroatoms. The Labute approximate surface area is 171 Å². The van der Waals surface area contributed by atoms with Gasteiger partial charge in [0.1, 0.15) is 5.52 Å². The lowest BCUT2D eigenvalue weighted by Gasteiger charge is -2.16. The van der Waals surface area contributed by atoms with Gasteiger partial charge in [0.15, 0.2) is 23.7 Å². The van der Waals surface area contributed by atoms with Crippen molar-refractivity contribution in [2.75, 3.05) is 27.3 Å². The summed E-state index contributed by atoms with van der Waals surface area (Å²) in [7, 11) is 3.37. The van der Waals surface area contributed by atoms with Gasteiger partial charge in [0.05, 0.1) is 11.1 Å². The highest BCUT2D eigenvalue weighted by Gasteiger charge is 2.14. The van der Waals surface area contributed by atoms with E-state index in [9.17, 15) is 4.79 Å². The van der Waals surface area contributed by atoms with Gasteiger partial charge in [-0.2, -0.15) is 0 Å². The lowest BCUT2D eigenvalue weighted by molar-refractivity contribution is -0.130. The number of carbonyl (C=O) groups is 1. The van der Waals surface area contributed by atoms with Crippen molar-refractivity contribution < 1.29 is 18.7 Å². The molecule has 0 unspecified atom stereocenters. The number of rotatable bonds is 7. The van der Waals surface area contributed by atoms with Crippen LogP contribution in [0, 0.1) is 0 Å². The Balaban J connectivity index is 1.84. The smallest absolute Gasteiger partial charge is 0.259 e. The number of halogens is 1. The first-order chi connectivity index (χ1) is 13.5. The Bertz CT molecular complexity index is 978. The second kappa shape index (κ2) is 8.93. The van der Waals surface area contributed by atoms with Gasteiger partial charge in [-0.3, -0.25) is 4.79 Å². The maximum Gasteiger partial charge on any atom is 0.259 e. The van der Waals surface area contributed by atoms with Crippen LogP contribution in [0.5, 0.6) is 11.5 Å². The first-order valence-corrected chi connectivity index (χ1v) is 9.60. The minimum atomic E-state index is -0.130. The maximum absolute atomic E-state index is 11.8. The number of carbonyl (C=O) groups excluding carboxylic acids is 1. The van der Waals surface area contributed by atoms with Gasteiger partial charge in [0.25, 0.3) is 5.91 Å². The zero-order chi connectivity index (χ0) is 20.1. The van der Waals surface area contributed by atoms with Crippen molar-refractivity contribution in [2.45, 2.75) is 6.92 Å². The fourth-order valence-corrected chi connectivity index (χ4v) is 3.05. The Morgan fingerprint density at radius 1 is 1.21 bits per heavy atom. The molecule has 0 aliphatic heterocycles. The van der Waals surface area contributed by atoms with E-state index in [0.29, 0.717) is 28.5 Å². The van der Waals surface area contributed by atoms with E-state index >= 15 is 0 Å². The fraction of sp³-hybridized carbons (Fsp3) is 0.238. The number of hydrogen-bond donors (Lipinski definition) is 0. The standard InChI is InChI=1S/C21H21BrN2O4/c1-4-26-18-12-14(11-15(22)21(18)27-13-20(25)24(2)3)9-10-19-23-16-7-5-6-8-17(16)28-19/h5-12H,4,13H2,1-3H3. The largest absolute Gasteiger partial charge is 0.490 e. The molecule has 0 saturated carbocycles. The molecule has 0 aliphatic rings. The molecule has 0 N–H and O–H groups in total. The number of nitrogens with zero attached hydrogens (tertiary/aromatic N) is 2. The molecule has 0 atom stereocenters. The molecule has 28 heavy (non-hydrogen) atoms. The van der Waals surface area contributed by atoms with Crippen LogP contribution in [0.2, 0.25) is 0 Å². The number of likely N-dealkylation sites (N-methyl/N-ethyl adjacent to an activating group) is 1. The minimum absolute atomic E-state index is 0.0657. The van der Waals surface area contributed by atoms with Crippen LogP contribution in [0.1, 0.15) is 18.4 Å². The first-order valence-electron chi connectivity index (χ1n) is 8.81. The van der Waals surface area contributed by atoms with Crippen LogP contribution >= 0.6 is 15.9 Å². The maximum atomic E-state index is 11.8. The van der Waals surface area contributed by atoms with Crippen molar-refractivity contribution in [3.8, 4) is 11.5 Å². The molecule has 0 saturated heterocycles. The van der Waals surface area contributed by atoms with Crippen LogP contribution in [0.25, 0.3) is 23.3 Å². The molecule has 3 rings (SSSR count). The van der Waals surface area contributed by atoms with Crippen LogP contribution in [0.4, 0.5) is 0 Å². The van der Waals surface area contributed by atoms with Crippen molar-refractivity contribution in [3.63, 3.8) is 0 Å². The normalized spacial score (nSPS) is 11.1. The summed E-state index contributed by atoms with van der Waals surface area (Å²) in [6.45, 7) is 2.30. The summed E-state index contributed by atoms with van der Waals surface area (Å²) < 4.78 is 17.8. The average molecular weight is 445 g/mol. The summed E-state index contributed by atoms with van der Waals surface area (Å²) in [6, 6.07) is 11.3. The number of oxazole rings is 1. The third-order valence-electron chi connectivity index (χ3n) is 3.90. The van der Waals surface area contributed by atoms with E-state index in [2.05, 4.69) is 20.9 Å². The third kappa shape index (κ3) is 4.72.